The Kier molecular flexibility index (Phi) is 9.48. The first kappa shape index (κ1) is 29.5. The zero-order chi connectivity index (χ0) is 28.0. The molecule has 0 aromatic heterocycles. The summed E-state index contributed by atoms with van der Waals surface area (Å²) in [6.45, 7) is 5.51. The zero-order valence-electron chi connectivity index (χ0n) is 24.9. The maximum absolute atomic E-state index is 3.29. The first-order chi connectivity index (χ1) is 17.9. The maximum Gasteiger partial charge on any atom is 0.0404 e. The molecule has 1 saturated carbocycles. The van der Waals surface area contributed by atoms with Gasteiger partial charge in [-0.05, 0) is 79.0 Å². The van der Waals surface area contributed by atoms with E-state index in [1.807, 2.05) is 31.4 Å². The molecule has 2 aliphatic carbocycles. The normalized spacial score (nSPS) is 22.0. The number of hydrogen-bond donors (Lipinski definition) is 1. The standard InChI is InChI=1S/C18H22N2.C15H26N2S/c1-17-10-4-5-11-18(17,14-17)15-6-8-16(9-7-15)19-12-13-20(2)3;1-7-16(2)12-13-17(3)14-8-10-15(11-9-14)18(4,5)6/h4-13,19H,14H2,1-3H3;8-13H,7H2,1-6H3/b2*13-12-. The predicted molar refractivity (Wildman–Crippen MR) is 171 cm³/mol. The number of rotatable bonds is 9. The lowest BCUT2D eigenvalue weighted by Gasteiger charge is -2.26. The third-order valence-electron chi connectivity index (χ3n) is 7.51. The van der Waals surface area contributed by atoms with Gasteiger partial charge in [0.25, 0.3) is 0 Å². The van der Waals surface area contributed by atoms with Crippen LogP contribution in [0.15, 0.2) is 103 Å². The van der Waals surface area contributed by atoms with Crippen molar-refractivity contribution in [2.45, 2.75) is 30.6 Å². The van der Waals surface area contributed by atoms with Gasteiger partial charge in [0.15, 0.2) is 0 Å². The number of nitrogens with one attached hydrogen (secondary N) is 1. The van der Waals surface area contributed by atoms with Gasteiger partial charge < -0.3 is 20.0 Å². The second kappa shape index (κ2) is 12.2. The molecule has 2 aliphatic rings. The number of benzene rings is 2. The third-order valence-corrected chi connectivity index (χ3v) is 9.20. The Morgan fingerprint density at radius 3 is 2.03 bits per heavy atom. The van der Waals surface area contributed by atoms with Gasteiger partial charge in [-0.1, -0.05) is 43.4 Å². The quantitative estimate of drug-likeness (QED) is 0.361. The fourth-order valence-electron chi connectivity index (χ4n) is 4.65. The molecule has 0 bridgehead atoms. The Balaban J connectivity index is 0.000000212. The number of fused-ring (bicyclic) bond motifs is 1. The van der Waals surface area contributed by atoms with Crippen LogP contribution >= 0.6 is 10.0 Å². The van der Waals surface area contributed by atoms with Crippen molar-refractivity contribution < 1.29 is 0 Å². The fraction of sp³-hybridized carbons (Fsp3) is 0.394. The summed E-state index contributed by atoms with van der Waals surface area (Å²) in [7, 11) is 7.56. The monoisotopic (exact) mass is 532 g/mol. The van der Waals surface area contributed by atoms with E-state index in [0.29, 0.717) is 5.41 Å². The second-order valence-electron chi connectivity index (χ2n) is 11.6. The summed E-state index contributed by atoms with van der Waals surface area (Å²) in [5, 5.41) is 3.29. The van der Waals surface area contributed by atoms with E-state index in [4.69, 9.17) is 0 Å². The molecule has 4 rings (SSSR count). The Bertz CT molecular complexity index is 1150. The molecule has 4 nitrogen and oxygen atoms in total. The number of allylic oxidation sites excluding steroid dienone is 4. The molecule has 0 heterocycles. The van der Waals surface area contributed by atoms with Crippen molar-refractivity contribution in [1.29, 1.82) is 0 Å². The maximum atomic E-state index is 3.29. The van der Waals surface area contributed by atoms with Crippen LogP contribution in [-0.2, 0) is 5.41 Å². The molecule has 2 aromatic carbocycles. The molecule has 0 amide bonds. The van der Waals surface area contributed by atoms with E-state index >= 15 is 0 Å². The van der Waals surface area contributed by atoms with E-state index < -0.39 is 10.0 Å². The van der Waals surface area contributed by atoms with Gasteiger partial charge in [0.2, 0.25) is 0 Å². The highest BCUT2D eigenvalue weighted by Gasteiger charge is 2.62. The van der Waals surface area contributed by atoms with Gasteiger partial charge in [0, 0.05) is 81.7 Å². The van der Waals surface area contributed by atoms with E-state index in [1.165, 1.54) is 22.6 Å². The van der Waals surface area contributed by atoms with Gasteiger partial charge in [0.05, 0.1) is 0 Å². The molecule has 0 spiro atoms. The van der Waals surface area contributed by atoms with Crippen molar-refractivity contribution >= 4 is 21.4 Å². The average molecular weight is 533 g/mol. The van der Waals surface area contributed by atoms with Crippen molar-refractivity contribution in [3.05, 3.63) is 103 Å². The van der Waals surface area contributed by atoms with Gasteiger partial charge in [0.1, 0.15) is 0 Å². The van der Waals surface area contributed by atoms with Crippen LogP contribution < -0.4 is 10.2 Å². The highest BCUT2D eigenvalue weighted by Crippen LogP contribution is 2.67. The third kappa shape index (κ3) is 7.28. The lowest BCUT2D eigenvalue weighted by Crippen LogP contribution is -2.13. The Morgan fingerprint density at radius 2 is 1.47 bits per heavy atom. The minimum Gasteiger partial charge on any atom is -0.382 e. The largest absolute Gasteiger partial charge is 0.382 e. The predicted octanol–water partition coefficient (Wildman–Crippen LogP) is 7.50. The van der Waals surface area contributed by atoms with Gasteiger partial charge in [-0.2, -0.15) is 0 Å². The first-order valence-corrected chi connectivity index (χ1v) is 16.2. The Hall–Kier alpha value is -3.05. The average Bonchev–Trinajstić information content (AvgIpc) is 3.54. The topological polar surface area (TPSA) is 21.8 Å². The fourth-order valence-corrected chi connectivity index (χ4v) is 5.60. The summed E-state index contributed by atoms with van der Waals surface area (Å²) in [6, 6.07) is 17.7. The Labute approximate surface area is 233 Å². The molecular weight excluding hydrogens is 484 g/mol. The highest BCUT2D eigenvalue weighted by molar-refractivity contribution is 8.32. The second-order valence-corrected chi connectivity index (χ2v) is 15.7. The van der Waals surface area contributed by atoms with Crippen LogP contribution in [0.1, 0.15) is 25.8 Å². The van der Waals surface area contributed by atoms with Gasteiger partial charge in [-0.3, -0.25) is 0 Å². The SMILES string of the molecule is CCN(C)/C=C\N(C)c1ccc(S(C)(C)C)cc1.CN(C)/C=C\Nc1ccc(C23C=CC=CC2(C)C3)cc1. The van der Waals surface area contributed by atoms with Crippen LogP contribution in [-0.4, -0.2) is 63.3 Å². The minimum absolute atomic E-state index is 0.236. The van der Waals surface area contributed by atoms with E-state index in [-0.39, 0.29) is 5.41 Å². The van der Waals surface area contributed by atoms with Crippen molar-refractivity contribution in [2.24, 2.45) is 5.41 Å². The first-order valence-electron chi connectivity index (χ1n) is 13.4. The number of hydrogen-bond acceptors (Lipinski definition) is 4. The molecular formula is C33H48N4S. The summed E-state index contributed by atoms with van der Waals surface area (Å²) in [5.74, 6) is 0. The molecule has 206 valence electrons. The number of anilines is 2. The molecule has 5 heteroatoms. The van der Waals surface area contributed by atoms with Crippen molar-refractivity contribution in [3.63, 3.8) is 0 Å². The van der Waals surface area contributed by atoms with Crippen LogP contribution in [0.4, 0.5) is 11.4 Å². The summed E-state index contributed by atoms with van der Waals surface area (Å²) < 4.78 is 0. The molecule has 0 radical (unpaired) electrons. The van der Waals surface area contributed by atoms with Gasteiger partial charge in [-0.25, -0.2) is 10.0 Å². The molecule has 1 fully saturated rings. The highest BCUT2D eigenvalue weighted by atomic mass is 32.3. The van der Waals surface area contributed by atoms with Crippen molar-refractivity contribution in [3.8, 4) is 0 Å². The van der Waals surface area contributed by atoms with E-state index in [0.717, 1.165) is 12.2 Å². The minimum atomic E-state index is -0.620. The van der Waals surface area contributed by atoms with Crippen molar-refractivity contribution in [2.75, 3.05) is 63.7 Å². The van der Waals surface area contributed by atoms with Crippen molar-refractivity contribution in [1.82, 2.24) is 9.80 Å². The van der Waals surface area contributed by atoms with E-state index in [2.05, 4.69) is 147 Å². The van der Waals surface area contributed by atoms with Crippen LogP contribution in [0, 0.1) is 5.41 Å². The molecule has 2 aromatic rings. The summed E-state index contributed by atoms with van der Waals surface area (Å²) >= 11 is 0. The van der Waals surface area contributed by atoms with Crippen LogP contribution in [0.3, 0.4) is 0 Å². The molecule has 0 aliphatic heterocycles. The summed E-state index contributed by atoms with van der Waals surface area (Å²) in [4.78, 5) is 7.77. The van der Waals surface area contributed by atoms with Gasteiger partial charge >= 0.3 is 0 Å². The molecule has 1 N–H and O–H groups in total. The van der Waals surface area contributed by atoms with E-state index in [1.54, 1.807) is 0 Å². The molecule has 0 saturated heterocycles. The van der Waals surface area contributed by atoms with Crippen LogP contribution in [0.2, 0.25) is 0 Å². The summed E-state index contributed by atoms with van der Waals surface area (Å²) in [6.07, 6.45) is 25.4. The lowest BCUT2D eigenvalue weighted by molar-refractivity contribution is 0.482. The van der Waals surface area contributed by atoms with Crippen LogP contribution in [0.25, 0.3) is 0 Å². The summed E-state index contributed by atoms with van der Waals surface area (Å²) in [5.41, 5.74) is 4.33. The van der Waals surface area contributed by atoms with E-state index in [9.17, 15) is 0 Å². The van der Waals surface area contributed by atoms with Gasteiger partial charge in [-0.15, -0.1) is 0 Å². The lowest BCUT2D eigenvalue weighted by atomic mass is 9.84. The number of nitrogens with zero attached hydrogens (tertiary/aromatic N) is 3. The molecule has 2 atom stereocenters. The van der Waals surface area contributed by atoms with Crippen LogP contribution in [0.5, 0.6) is 0 Å². The molecule has 2 unspecified atom stereocenters. The molecule has 38 heavy (non-hydrogen) atoms. The zero-order valence-corrected chi connectivity index (χ0v) is 25.7. The smallest absolute Gasteiger partial charge is 0.0404 e. The Morgan fingerprint density at radius 1 is 0.842 bits per heavy atom.